The summed E-state index contributed by atoms with van der Waals surface area (Å²) < 4.78 is 51.9. The van der Waals surface area contributed by atoms with Gasteiger partial charge in [-0.05, 0) is 38.1 Å². The molecule has 32 heavy (non-hydrogen) atoms. The molecule has 1 N–H and O–H groups in total. The zero-order chi connectivity index (χ0) is 23.3. The molecule has 0 radical (unpaired) electrons. The number of alkyl halides is 3. The normalized spacial score (nSPS) is 12.3. The average molecular weight is 448 g/mol. The van der Waals surface area contributed by atoms with Crippen molar-refractivity contribution in [1.29, 1.82) is 0 Å². The Balaban J connectivity index is 1.77. The van der Waals surface area contributed by atoms with Gasteiger partial charge in [-0.3, -0.25) is 4.79 Å². The van der Waals surface area contributed by atoms with Crippen LogP contribution in [-0.4, -0.2) is 49.9 Å². The van der Waals surface area contributed by atoms with E-state index in [0.29, 0.717) is 24.5 Å². The number of likely N-dealkylation sites (N-methyl/N-ethyl adjacent to an activating group) is 1. The third kappa shape index (κ3) is 5.34. The van der Waals surface area contributed by atoms with E-state index in [1.165, 1.54) is 29.4 Å². The highest BCUT2D eigenvalue weighted by molar-refractivity contribution is 6.00. The molecule has 168 valence electrons. The zero-order valence-electron chi connectivity index (χ0n) is 17.3. The number of rotatable bonds is 7. The van der Waals surface area contributed by atoms with Crippen LogP contribution in [0.15, 0.2) is 49.1 Å². The van der Waals surface area contributed by atoms with Crippen LogP contribution >= 0.6 is 0 Å². The van der Waals surface area contributed by atoms with Crippen LogP contribution in [0.25, 0.3) is 11.4 Å². The number of hydrogen-bond donors (Lipinski definition) is 1. The van der Waals surface area contributed by atoms with Gasteiger partial charge >= 0.3 is 6.18 Å². The second kappa shape index (κ2) is 9.67. The smallest absolute Gasteiger partial charge is 0.352 e. The number of hydrogen-bond acceptors (Lipinski definition) is 6. The van der Waals surface area contributed by atoms with E-state index in [1.54, 1.807) is 19.9 Å². The first kappa shape index (κ1) is 23.0. The Morgan fingerprint density at radius 3 is 2.38 bits per heavy atom. The van der Waals surface area contributed by atoms with Gasteiger partial charge in [-0.2, -0.15) is 13.2 Å². The largest absolute Gasteiger partial charge is 0.419 e. The van der Waals surface area contributed by atoms with E-state index in [-0.39, 0.29) is 23.9 Å². The van der Waals surface area contributed by atoms with Crippen LogP contribution in [0.2, 0.25) is 0 Å². The zero-order valence-corrected chi connectivity index (χ0v) is 17.3. The molecule has 3 aromatic rings. The molecule has 0 bridgehead atoms. The lowest BCUT2D eigenvalue weighted by atomic mass is 10.0. The first-order valence-electron chi connectivity index (χ1n) is 9.71. The minimum absolute atomic E-state index is 0.00233. The fraction of sp³-hybridized carbons (Fsp3) is 0.286. The Bertz CT molecular complexity index is 1060. The first-order chi connectivity index (χ1) is 15.2. The number of halogens is 4. The van der Waals surface area contributed by atoms with Crippen molar-refractivity contribution in [3.05, 3.63) is 66.0 Å². The monoisotopic (exact) mass is 448 g/mol. The molecule has 0 aliphatic heterocycles. The van der Waals surface area contributed by atoms with E-state index in [0.717, 1.165) is 6.07 Å². The Kier molecular flexibility index (Phi) is 6.96. The van der Waals surface area contributed by atoms with Crippen molar-refractivity contribution in [2.45, 2.75) is 26.1 Å². The van der Waals surface area contributed by atoms with E-state index in [2.05, 4.69) is 25.3 Å². The summed E-state index contributed by atoms with van der Waals surface area (Å²) in [6.45, 7) is 3.98. The molecule has 3 rings (SSSR count). The topological polar surface area (TPSA) is 83.9 Å². The highest BCUT2D eigenvalue weighted by Gasteiger charge is 2.31. The molecule has 0 fully saturated rings. The maximum Gasteiger partial charge on any atom is 0.419 e. The van der Waals surface area contributed by atoms with Gasteiger partial charge in [0.2, 0.25) is 5.95 Å². The summed E-state index contributed by atoms with van der Waals surface area (Å²) in [5.74, 6) is -0.724. The van der Waals surface area contributed by atoms with Gasteiger partial charge in [0, 0.05) is 49.5 Å². The van der Waals surface area contributed by atoms with Gasteiger partial charge < -0.3 is 10.2 Å². The molecular weight excluding hydrogens is 428 g/mol. The van der Waals surface area contributed by atoms with Crippen molar-refractivity contribution in [2.75, 3.05) is 18.4 Å². The van der Waals surface area contributed by atoms with Gasteiger partial charge in [0.15, 0.2) is 5.82 Å². The quantitative estimate of drug-likeness (QED) is 0.549. The molecule has 0 spiro atoms. The Labute approximate surface area is 181 Å². The number of carbonyl (C=O) groups is 1. The molecule has 0 aliphatic rings. The van der Waals surface area contributed by atoms with Gasteiger partial charge in [0.25, 0.3) is 5.91 Å². The lowest BCUT2D eigenvalue weighted by Gasteiger charge is -2.29. The molecule has 2 heterocycles. The predicted octanol–water partition coefficient (Wildman–Crippen LogP) is 4.05. The Hall–Kier alpha value is -3.63. The summed E-state index contributed by atoms with van der Waals surface area (Å²) in [7, 11) is 0. The maximum absolute atomic E-state index is 14.0. The number of nitrogens with one attached hydrogen (secondary N) is 1. The summed E-state index contributed by atoms with van der Waals surface area (Å²) in [5.41, 5.74) is -0.458. The Morgan fingerprint density at radius 2 is 1.78 bits per heavy atom. The summed E-state index contributed by atoms with van der Waals surface area (Å²) in [6.07, 6.45) is -0.117. The number of anilines is 1. The molecule has 0 unspecified atom stereocenters. The average Bonchev–Trinajstić information content (AvgIpc) is 2.78. The third-order valence-corrected chi connectivity index (χ3v) is 4.69. The maximum atomic E-state index is 14.0. The second-order valence-electron chi connectivity index (χ2n) is 6.88. The van der Waals surface area contributed by atoms with Gasteiger partial charge in [-0.15, -0.1) is 0 Å². The van der Waals surface area contributed by atoms with E-state index < -0.39 is 29.5 Å². The summed E-state index contributed by atoms with van der Waals surface area (Å²) >= 11 is 0. The minimum atomic E-state index is -4.53. The molecule has 2 aromatic heterocycles. The van der Waals surface area contributed by atoms with Gasteiger partial charge in [-0.1, -0.05) is 0 Å². The SMILES string of the molecule is CCN(C(=O)c1cc(F)ccc1-c1ncccn1)[C@@H](C)CNc1ncc(C(F)(F)F)cn1. The minimum Gasteiger partial charge on any atom is -0.352 e. The van der Waals surface area contributed by atoms with Crippen LogP contribution < -0.4 is 5.32 Å². The second-order valence-corrected chi connectivity index (χ2v) is 6.88. The summed E-state index contributed by atoms with van der Waals surface area (Å²) in [6, 6.07) is 5.03. The van der Waals surface area contributed by atoms with Crippen LogP contribution in [-0.2, 0) is 6.18 Å². The highest BCUT2D eigenvalue weighted by Crippen LogP contribution is 2.28. The molecular formula is C21H20F4N6O. The highest BCUT2D eigenvalue weighted by atomic mass is 19.4. The number of benzene rings is 1. The standard InChI is InChI=1S/C21H20F4N6O/c1-3-31(13(2)10-28-20-29-11-14(12-30-20)21(23,24)25)19(32)17-9-15(22)5-6-16(17)18-26-7-4-8-27-18/h4-9,11-13H,3,10H2,1-2H3,(H,28,29,30)/t13-/m0/s1. The van der Waals surface area contributed by atoms with Crippen molar-refractivity contribution in [3.8, 4) is 11.4 Å². The van der Waals surface area contributed by atoms with Gasteiger partial charge in [0.1, 0.15) is 5.82 Å². The summed E-state index contributed by atoms with van der Waals surface area (Å²) in [5, 5.41) is 2.82. The Morgan fingerprint density at radius 1 is 1.12 bits per heavy atom. The number of amides is 1. The number of nitrogens with zero attached hydrogens (tertiary/aromatic N) is 5. The first-order valence-corrected chi connectivity index (χ1v) is 9.71. The van der Waals surface area contributed by atoms with Crippen molar-refractivity contribution in [1.82, 2.24) is 24.8 Å². The van der Waals surface area contributed by atoms with Crippen LogP contribution in [0, 0.1) is 5.82 Å². The molecule has 11 heteroatoms. The molecule has 7 nitrogen and oxygen atoms in total. The molecule has 0 saturated carbocycles. The van der Waals surface area contributed by atoms with Crippen molar-refractivity contribution in [3.63, 3.8) is 0 Å². The van der Waals surface area contributed by atoms with Crippen LogP contribution in [0.3, 0.4) is 0 Å². The number of carbonyl (C=O) groups excluding carboxylic acids is 1. The predicted molar refractivity (Wildman–Crippen MR) is 109 cm³/mol. The van der Waals surface area contributed by atoms with Gasteiger partial charge in [0.05, 0.1) is 11.1 Å². The van der Waals surface area contributed by atoms with Gasteiger partial charge in [-0.25, -0.2) is 24.3 Å². The van der Waals surface area contributed by atoms with Crippen molar-refractivity contribution in [2.24, 2.45) is 0 Å². The lowest BCUT2D eigenvalue weighted by Crippen LogP contribution is -2.42. The molecule has 0 saturated heterocycles. The molecule has 0 aliphatic carbocycles. The van der Waals surface area contributed by atoms with E-state index in [9.17, 15) is 22.4 Å². The van der Waals surface area contributed by atoms with E-state index in [4.69, 9.17) is 0 Å². The van der Waals surface area contributed by atoms with Crippen molar-refractivity contribution < 1.29 is 22.4 Å². The van der Waals surface area contributed by atoms with Crippen molar-refractivity contribution >= 4 is 11.9 Å². The number of aromatic nitrogens is 4. The van der Waals surface area contributed by atoms with E-state index >= 15 is 0 Å². The summed E-state index contributed by atoms with van der Waals surface area (Å²) in [4.78, 5) is 30.3. The fourth-order valence-corrected chi connectivity index (χ4v) is 3.05. The van der Waals surface area contributed by atoms with Crippen LogP contribution in [0.1, 0.15) is 29.8 Å². The van der Waals surface area contributed by atoms with E-state index in [1.807, 2.05) is 0 Å². The molecule has 1 aromatic carbocycles. The lowest BCUT2D eigenvalue weighted by molar-refractivity contribution is -0.138. The molecule has 1 amide bonds. The third-order valence-electron chi connectivity index (χ3n) is 4.69. The molecule has 1 atom stereocenters. The van der Waals surface area contributed by atoms with Crippen LogP contribution in [0.4, 0.5) is 23.5 Å². The fourth-order valence-electron chi connectivity index (χ4n) is 3.05. The van der Waals surface area contributed by atoms with Crippen LogP contribution in [0.5, 0.6) is 0 Å².